The minimum Gasteiger partial charge on any atom is -0.454 e. The third-order valence-corrected chi connectivity index (χ3v) is 3.45. The molecule has 1 aliphatic heterocycles. The second kappa shape index (κ2) is 4.63. The smallest absolute Gasteiger partial charge is 0.231 e. The van der Waals surface area contributed by atoms with Crippen molar-refractivity contribution in [2.45, 2.75) is 6.92 Å². The topological polar surface area (TPSA) is 60.0 Å². The van der Waals surface area contributed by atoms with Crippen LogP contribution >= 0.6 is 0 Å². The summed E-state index contributed by atoms with van der Waals surface area (Å²) in [6, 6.07) is 11.8. The van der Waals surface area contributed by atoms with Crippen LogP contribution in [0.25, 0.3) is 22.5 Å². The molecule has 0 unspecified atom stereocenters. The Morgan fingerprint density at radius 2 is 1.90 bits per heavy atom. The Hall–Kier alpha value is -2.82. The molecule has 2 aromatic heterocycles. The van der Waals surface area contributed by atoms with Crippen LogP contribution in [0.1, 0.15) is 5.69 Å². The van der Waals surface area contributed by atoms with Gasteiger partial charge in [0.05, 0.1) is 11.4 Å². The van der Waals surface area contributed by atoms with Gasteiger partial charge in [0.25, 0.3) is 0 Å². The van der Waals surface area contributed by atoms with Crippen molar-refractivity contribution in [3.63, 3.8) is 0 Å². The van der Waals surface area contributed by atoms with Crippen LogP contribution < -0.4 is 9.47 Å². The van der Waals surface area contributed by atoms with Crippen LogP contribution in [0.15, 0.2) is 42.6 Å². The van der Waals surface area contributed by atoms with Crippen LogP contribution in [0.2, 0.25) is 0 Å². The van der Waals surface area contributed by atoms with Crippen LogP contribution in [0.5, 0.6) is 11.5 Å². The van der Waals surface area contributed by atoms with Crippen LogP contribution in [0.3, 0.4) is 0 Å². The lowest BCUT2D eigenvalue weighted by Crippen LogP contribution is -1.92. The van der Waals surface area contributed by atoms with Gasteiger partial charge in [-0.1, -0.05) is 0 Å². The highest BCUT2D eigenvalue weighted by Gasteiger charge is 2.15. The third-order valence-electron chi connectivity index (χ3n) is 3.45. The highest BCUT2D eigenvalue weighted by Crippen LogP contribution is 2.36. The van der Waals surface area contributed by atoms with Gasteiger partial charge in [0.2, 0.25) is 6.79 Å². The fourth-order valence-corrected chi connectivity index (χ4v) is 2.39. The quantitative estimate of drug-likeness (QED) is 0.782. The molecule has 1 N–H and O–H groups in total. The van der Waals surface area contributed by atoms with Gasteiger partial charge in [0.15, 0.2) is 11.5 Å². The molecule has 0 saturated carbocycles. The summed E-state index contributed by atoms with van der Waals surface area (Å²) in [6.07, 6.45) is 1.80. The largest absolute Gasteiger partial charge is 0.454 e. The van der Waals surface area contributed by atoms with E-state index in [2.05, 4.69) is 15.2 Å². The predicted octanol–water partition coefficient (Wildman–Crippen LogP) is 3.18. The Morgan fingerprint density at radius 3 is 2.81 bits per heavy atom. The van der Waals surface area contributed by atoms with Gasteiger partial charge in [0.1, 0.15) is 0 Å². The number of fused-ring (bicyclic) bond motifs is 1. The van der Waals surface area contributed by atoms with Crippen molar-refractivity contribution in [1.29, 1.82) is 0 Å². The van der Waals surface area contributed by atoms with Gasteiger partial charge in [0, 0.05) is 23.0 Å². The Labute approximate surface area is 121 Å². The van der Waals surface area contributed by atoms with E-state index < -0.39 is 0 Å². The van der Waals surface area contributed by atoms with Crippen molar-refractivity contribution < 1.29 is 9.47 Å². The molecule has 1 aromatic carbocycles. The van der Waals surface area contributed by atoms with E-state index in [1.165, 1.54) is 0 Å². The normalized spacial score (nSPS) is 12.6. The number of benzene rings is 1. The molecule has 0 fully saturated rings. The SMILES string of the molecule is Cc1cc(-c2cc(-c3ccc4c(c3)OCO4)n[nH]2)ccn1. The number of aromatic amines is 1. The zero-order valence-electron chi connectivity index (χ0n) is 11.5. The first-order chi connectivity index (χ1) is 10.3. The first kappa shape index (κ1) is 12.0. The standard InChI is InChI=1S/C16H13N3O2/c1-10-6-12(4-5-17-10)14-8-13(18-19-14)11-2-3-15-16(7-11)21-9-20-15/h2-8H,9H2,1H3,(H,18,19). The van der Waals surface area contributed by atoms with E-state index in [0.29, 0.717) is 0 Å². The van der Waals surface area contributed by atoms with Crippen LogP contribution in [-0.4, -0.2) is 22.0 Å². The molecule has 0 radical (unpaired) electrons. The Balaban J connectivity index is 1.71. The number of hydrogen-bond donors (Lipinski definition) is 1. The van der Waals surface area contributed by atoms with Crippen LogP contribution in [0.4, 0.5) is 0 Å². The maximum Gasteiger partial charge on any atom is 0.231 e. The van der Waals surface area contributed by atoms with E-state index in [1.807, 2.05) is 43.3 Å². The molecule has 104 valence electrons. The summed E-state index contributed by atoms with van der Waals surface area (Å²) >= 11 is 0. The van der Waals surface area contributed by atoms with Gasteiger partial charge in [-0.3, -0.25) is 10.1 Å². The number of aromatic nitrogens is 3. The number of rotatable bonds is 2. The van der Waals surface area contributed by atoms with Crippen LogP contribution in [-0.2, 0) is 0 Å². The second-order valence-corrected chi connectivity index (χ2v) is 4.92. The minimum atomic E-state index is 0.279. The van der Waals surface area contributed by atoms with Gasteiger partial charge in [-0.25, -0.2) is 0 Å². The van der Waals surface area contributed by atoms with Gasteiger partial charge in [-0.05, 0) is 43.3 Å². The average Bonchev–Trinajstić information content (AvgIpc) is 3.15. The summed E-state index contributed by atoms with van der Waals surface area (Å²) in [5, 5.41) is 7.44. The number of H-pyrrole nitrogens is 1. The third kappa shape index (κ3) is 2.12. The summed E-state index contributed by atoms with van der Waals surface area (Å²) < 4.78 is 10.7. The molecule has 0 saturated heterocycles. The zero-order valence-corrected chi connectivity index (χ0v) is 11.5. The molecule has 0 atom stereocenters. The van der Waals surface area contributed by atoms with E-state index in [-0.39, 0.29) is 6.79 Å². The zero-order chi connectivity index (χ0) is 14.2. The highest BCUT2D eigenvalue weighted by molar-refractivity contribution is 5.70. The molecule has 3 aromatic rings. The van der Waals surface area contributed by atoms with E-state index in [9.17, 15) is 0 Å². The second-order valence-electron chi connectivity index (χ2n) is 4.92. The van der Waals surface area contributed by atoms with Crippen molar-refractivity contribution in [2.24, 2.45) is 0 Å². The molecular weight excluding hydrogens is 266 g/mol. The van der Waals surface area contributed by atoms with Crippen molar-refractivity contribution >= 4 is 0 Å². The minimum absolute atomic E-state index is 0.279. The molecule has 0 aliphatic carbocycles. The van der Waals surface area contributed by atoms with Gasteiger partial charge < -0.3 is 9.47 Å². The van der Waals surface area contributed by atoms with E-state index in [0.717, 1.165) is 39.7 Å². The maximum atomic E-state index is 5.40. The van der Waals surface area contributed by atoms with Gasteiger partial charge in [-0.15, -0.1) is 0 Å². The fourth-order valence-electron chi connectivity index (χ4n) is 2.39. The molecule has 5 heteroatoms. The van der Waals surface area contributed by atoms with E-state index >= 15 is 0 Å². The molecule has 1 aliphatic rings. The van der Waals surface area contributed by atoms with Gasteiger partial charge in [-0.2, -0.15) is 5.10 Å². The lowest BCUT2D eigenvalue weighted by atomic mass is 10.1. The number of ether oxygens (including phenoxy) is 2. The fraction of sp³-hybridized carbons (Fsp3) is 0.125. The Morgan fingerprint density at radius 1 is 1.00 bits per heavy atom. The monoisotopic (exact) mass is 279 g/mol. The summed E-state index contributed by atoms with van der Waals surface area (Å²) in [5.41, 5.74) is 4.88. The molecule has 3 heterocycles. The van der Waals surface area contributed by atoms with E-state index in [1.54, 1.807) is 6.20 Å². The number of nitrogens with one attached hydrogen (secondary N) is 1. The average molecular weight is 279 g/mol. The van der Waals surface area contributed by atoms with Gasteiger partial charge >= 0.3 is 0 Å². The first-order valence-corrected chi connectivity index (χ1v) is 6.68. The Bertz CT molecular complexity index is 811. The number of nitrogens with zero attached hydrogens (tertiary/aromatic N) is 2. The van der Waals surface area contributed by atoms with E-state index in [4.69, 9.17) is 9.47 Å². The molecule has 0 spiro atoms. The lowest BCUT2D eigenvalue weighted by Gasteiger charge is -1.99. The highest BCUT2D eigenvalue weighted by atomic mass is 16.7. The molecule has 0 bridgehead atoms. The maximum absolute atomic E-state index is 5.40. The van der Waals surface area contributed by atoms with Crippen molar-refractivity contribution in [3.8, 4) is 34.0 Å². The summed E-state index contributed by atoms with van der Waals surface area (Å²) in [5.74, 6) is 1.54. The first-order valence-electron chi connectivity index (χ1n) is 6.68. The van der Waals surface area contributed by atoms with Crippen molar-refractivity contribution in [3.05, 3.63) is 48.3 Å². The lowest BCUT2D eigenvalue weighted by molar-refractivity contribution is 0.174. The Kier molecular flexibility index (Phi) is 2.64. The number of aryl methyl sites for hydroxylation is 1. The molecular formula is C16H13N3O2. The summed E-state index contributed by atoms with van der Waals surface area (Å²) in [4.78, 5) is 4.20. The molecule has 21 heavy (non-hydrogen) atoms. The number of pyridine rings is 1. The molecule has 4 rings (SSSR count). The molecule has 5 nitrogen and oxygen atoms in total. The summed E-state index contributed by atoms with van der Waals surface area (Å²) in [7, 11) is 0. The van der Waals surface area contributed by atoms with Crippen LogP contribution in [0, 0.1) is 6.92 Å². The summed E-state index contributed by atoms with van der Waals surface area (Å²) in [6.45, 7) is 2.25. The number of hydrogen-bond acceptors (Lipinski definition) is 4. The van der Waals surface area contributed by atoms with Crippen molar-refractivity contribution in [1.82, 2.24) is 15.2 Å². The molecule has 0 amide bonds. The predicted molar refractivity (Wildman–Crippen MR) is 78.1 cm³/mol. The van der Waals surface area contributed by atoms with Crippen molar-refractivity contribution in [2.75, 3.05) is 6.79 Å².